The van der Waals surface area contributed by atoms with Crippen molar-refractivity contribution in [2.24, 2.45) is 17.6 Å². The van der Waals surface area contributed by atoms with E-state index in [4.69, 9.17) is 5.73 Å². The summed E-state index contributed by atoms with van der Waals surface area (Å²) < 4.78 is 0. The zero-order valence-electron chi connectivity index (χ0n) is 11.1. The van der Waals surface area contributed by atoms with Crippen molar-refractivity contribution < 1.29 is 14.4 Å². The molecule has 1 fully saturated rings. The summed E-state index contributed by atoms with van der Waals surface area (Å²) in [5, 5.41) is 2.63. The van der Waals surface area contributed by atoms with Crippen LogP contribution in [0.4, 0.5) is 0 Å². The van der Waals surface area contributed by atoms with Gasteiger partial charge in [0.1, 0.15) is 6.04 Å². The van der Waals surface area contributed by atoms with Crippen molar-refractivity contribution in [1.29, 1.82) is 0 Å². The molecule has 102 valence electrons. The normalized spacial score (nSPS) is 21.2. The lowest BCUT2D eigenvalue weighted by atomic mass is 10.0. The molecule has 1 rings (SSSR count). The van der Waals surface area contributed by atoms with Crippen LogP contribution in [-0.4, -0.2) is 41.8 Å². The number of nitrogens with one attached hydrogen (secondary N) is 1. The highest BCUT2D eigenvalue weighted by molar-refractivity contribution is 5.92. The van der Waals surface area contributed by atoms with E-state index in [1.807, 2.05) is 20.8 Å². The molecule has 0 spiro atoms. The Hall–Kier alpha value is -1.59. The SMILES string of the molecule is CCN1C[C@H](C(=O)N[C@@H](C(N)=O)C(C)C)CC1=O. The molecule has 3 amide bonds. The van der Waals surface area contributed by atoms with Gasteiger partial charge in [0.25, 0.3) is 0 Å². The van der Waals surface area contributed by atoms with E-state index in [9.17, 15) is 14.4 Å². The van der Waals surface area contributed by atoms with E-state index in [1.165, 1.54) is 0 Å². The fourth-order valence-electron chi connectivity index (χ4n) is 2.09. The molecule has 2 atom stereocenters. The van der Waals surface area contributed by atoms with Crippen LogP contribution in [0.2, 0.25) is 0 Å². The molecule has 18 heavy (non-hydrogen) atoms. The van der Waals surface area contributed by atoms with Gasteiger partial charge in [-0.05, 0) is 12.8 Å². The number of carbonyl (C=O) groups is 3. The highest BCUT2D eigenvalue weighted by Gasteiger charge is 2.35. The predicted molar refractivity (Wildman–Crippen MR) is 66.3 cm³/mol. The molecule has 0 aromatic heterocycles. The lowest BCUT2D eigenvalue weighted by Crippen LogP contribution is -2.49. The van der Waals surface area contributed by atoms with Crippen LogP contribution in [0.15, 0.2) is 0 Å². The van der Waals surface area contributed by atoms with Crippen molar-refractivity contribution >= 4 is 17.7 Å². The zero-order valence-corrected chi connectivity index (χ0v) is 11.1. The number of nitrogens with two attached hydrogens (primary N) is 1. The number of hydrogen-bond acceptors (Lipinski definition) is 3. The predicted octanol–water partition coefficient (Wildman–Crippen LogP) is -0.519. The molecule has 1 heterocycles. The fraction of sp³-hybridized carbons (Fsp3) is 0.750. The molecule has 0 saturated carbocycles. The van der Waals surface area contributed by atoms with E-state index in [0.717, 1.165) is 0 Å². The second-order valence-electron chi connectivity index (χ2n) is 4.97. The van der Waals surface area contributed by atoms with Crippen LogP contribution in [-0.2, 0) is 14.4 Å². The average molecular weight is 255 g/mol. The highest BCUT2D eigenvalue weighted by atomic mass is 16.2. The molecule has 0 radical (unpaired) electrons. The minimum absolute atomic E-state index is 0.0159. The summed E-state index contributed by atoms with van der Waals surface area (Å²) in [6.07, 6.45) is 0.212. The Bertz CT molecular complexity index is 354. The maximum Gasteiger partial charge on any atom is 0.240 e. The minimum Gasteiger partial charge on any atom is -0.368 e. The number of hydrogen-bond donors (Lipinski definition) is 2. The quantitative estimate of drug-likeness (QED) is 0.692. The van der Waals surface area contributed by atoms with E-state index in [-0.39, 0.29) is 30.1 Å². The van der Waals surface area contributed by atoms with Gasteiger partial charge in [-0.1, -0.05) is 13.8 Å². The van der Waals surface area contributed by atoms with Crippen molar-refractivity contribution in [3.63, 3.8) is 0 Å². The number of carbonyl (C=O) groups excluding carboxylic acids is 3. The van der Waals surface area contributed by atoms with E-state index in [0.29, 0.717) is 13.1 Å². The number of likely N-dealkylation sites (tertiary alicyclic amines) is 1. The first kappa shape index (κ1) is 14.5. The van der Waals surface area contributed by atoms with Gasteiger partial charge in [0.05, 0.1) is 5.92 Å². The van der Waals surface area contributed by atoms with Crippen LogP contribution in [0.3, 0.4) is 0 Å². The standard InChI is InChI=1S/C12H21N3O3/c1-4-15-6-8(5-9(15)16)12(18)14-10(7(2)3)11(13)17/h7-8,10H,4-6H2,1-3H3,(H2,13,17)(H,14,18)/t8-,10-/m1/s1. The van der Waals surface area contributed by atoms with E-state index in [2.05, 4.69) is 5.32 Å². The molecule has 0 unspecified atom stereocenters. The van der Waals surface area contributed by atoms with Gasteiger partial charge >= 0.3 is 0 Å². The molecule has 0 aromatic rings. The molecular formula is C12H21N3O3. The number of amides is 3. The summed E-state index contributed by atoms with van der Waals surface area (Å²) in [6.45, 7) is 6.52. The van der Waals surface area contributed by atoms with Crippen LogP contribution in [0.25, 0.3) is 0 Å². The third-order valence-electron chi connectivity index (χ3n) is 3.24. The Morgan fingerprint density at radius 2 is 2.11 bits per heavy atom. The molecule has 1 saturated heterocycles. The Morgan fingerprint density at radius 3 is 2.50 bits per heavy atom. The van der Waals surface area contributed by atoms with Crippen molar-refractivity contribution in [3.05, 3.63) is 0 Å². The number of primary amides is 1. The molecule has 0 aliphatic carbocycles. The Morgan fingerprint density at radius 1 is 1.50 bits per heavy atom. The lowest BCUT2D eigenvalue weighted by molar-refractivity contribution is -0.131. The maximum atomic E-state index is 12.0. The van der Waals surface area contributed by atoms with E-state index in [1.54, 1.807) is 4.90 Å². The van der Waals surface area contributed by atoms with Gasteiger partial charge in [0.2, 0.25) is 17.7 Å². The second kappa shape index (κ2) is 5.84. The fourth-order valence-corrected chi connectivity index (χ4v) is 2.09. The summed E-state index contributed by atoms with van der Waals surface area (Å²) in [7, 11) is 0. The van der Waals surface area contributed by atoms with E-state index >= 15 is 0 Å². The molecule has 0 aromatic carbocycles. The highest BCUT2D eigenvalue weighted by Crippen LogP contribution is 2.18. The van der Waals surface area contributed by atoms with Crippen molar-refractivity contribution in [1.82, 2.24) is 10.2 Å². The second-order valence-corrected chi connectivity index (χ2v) is 4.97. The molecule has 6 nitrogen and oxygen atoms in total. The number of rotatable bonds is 5. The third-order valence-corrected chi connectivity index (χ3v) is 3.24. The largest absolute Gasteiger partial charge is 0.368 e. The third kappa shape index (κ3) is 3.21. The molecule has 1 aliphatic rings. The molecule has 3 N–H and O–H groups in total. The van der Waals surface area contributed by atoms with Crippen molar-refractivity contribution in [3.8, 4) is 0 Å². The topological polar surface area (TPSA) is 92.5 Å². The van der Waals surface area contributed by atoms with Gasteiger partial charge in [-0.3, -0.25) is 14.4 Å². The van der Waals surface area contributed by atoms with Crippen LogP contribution in [0, 0.1) is 11.8 Å². The van der Waals surface area contributed by atoms with E-state index < -0.39 is 11.9 Å². The Labute approximate surface area is 107 Å². The van der Waals surface area contributed by atoms with Crippen LogP contribution < -0.4 is 11.1 Å². The van der Waals surface area contributed by atoms with Gasteiger partial charge in [0, 0.05) is 19.5 Å². The van der Waals surface area contributed by atoms with Crippen LogP contribution in [0.5, 0.6) is 0 Å². The van der Waals surface area contributed by atoms with Crippen molar-refractivity contribution in [2.75, 3.05) is 13.1 Å². The van der Waals surface area contributed by atoms with Crippen molar-refractivity contribution in [2.45, 2.75) is 33.2 Å². The van der Waals surface area contributed by atoms with Gasteiger partial charge in [-0.15, -0.1) is 0 Å². The smallest absolute Gasteiger partial charge is 0.240 e. The van der Waals surface area contributed by atoms with Crippen LogP contribution in [0.1, 0.15) is 27.2 Å². The first-order valence-electron chi connectivity index (χ1n) is 6.24. The average Bonchev–Trinajstić information content (AvgIpc) is 2.66. The number of nitrogens with zero attached hydrogens (tertiary/aromatic N) is 1. The summed E-state index contributed by atoms with van der Waals surface area (Å²) >= 11 is 0. The summed E-state index contributed by atoms with van der Waals surface area (Å²) in [6, 6.07) is -0.678. The van der Waals surface area contributed by atoms with Gasteiger partial charge < -0.3 is 16.0 Å². The minimum atomic E-state index is -0.678. The monoisotopic (exact) mass is 255 g/mol. The Balaban J connectivity index is 2.61. The van der Waals surface area contributed by atoms with Crippen LogP contribution >= 0.6 is 0 Å². The first-order chi connectivity index (χ1) is 8.36. The molecular weight excluding hydrogens is 234 g/mol. The first-order valence-corrected chi connectivity index (χ1v) is 6.24. The maximum absolute atomic E-state index is 12.0. The van der Waals surface area contributed by atoms with Gasteiger partial charge in [-0.25, -0.2) is 0 Å². The lowest BCUT2D eigenvalue weighted by Gasteiger charge is -2.21. The summed E-state index contributed by atoms with van der Waals surface area (Å²) in [5.41, 5.74) is 5.23. The van der Waals surface area contributed by atoms with Gasteiger partial charge in [-0.2, -0.15) is 0 Å². The molecule has 1 aliphatic heterocycles. The molecule has 6 heteroatoms. The zero-order chi connectivity index (χ0) is 13.9. The molecule has 0 bridgehead atoms. The van der Waals surface area contributed by atoms with Gasteiger partial charge in [0.15, 0.2) is 0 Å². The summed E-state index contributed by atoms with van der Waals surface area (Å²) in [4.78, 5) is 36.3. The Kier molecular flexibility index (Phi) is 4.69. The summed E-state index contributed by atoms with van der Waals surface area (Å²) in [5.74, 6) is -1.27.